The second-order valence-electron chi connectivity index (χ2n) is 4.80. The SMILES string of the molecule is CCC(C(=O)NCCC(=O)O)n1nnc(-c2ccc(Cl)cc2)n1. The zero-order chi connectivity index (χ0) is 16.8. The van der Waals surface area contributed by atoms with Crippen molar-refractivity contribution in [3.63, 3.8) is 0 Å². The summed E-state index contributed by atoms with van der Waals surface area (Å²) in [5.74, 6) is -0.922. The van der Waals surface area contributed by atoms with Crippen molar-refractivity contribution in [1.29, 1.82) is 0 Å². The van der Waals surface area contributed by atoms with Gasteiger partial charge in [-0.3, -0.25) is 9.59 Å². The van der Waals surface area contributed by atoms with Gasteiger partial charge in [0.1, 0.15) is 0 Å². The molecule has 0 bridgehead atoms. The monoisotopic (exact) mass is 337 g/mol. The van der Waals surface area contributed by atoms with Crippen LogP contribution in [-0.4, -0.2) is 43.7 Å². The van der Waals surface area contributed by atoms with E-state index in [9.17, 15) is 9.59 Å². The molecule has 0 radical (unpaired) electrons. The second kappa shape index (κ2) is 7.68. The Morgan fingerprint density at radius 3 is 2.65 bits per heavy atom. The highest BCUT2D eigenvalue weighted by Crippen LogP contribution is 2.18. The molecule has 8 nitrogen and oxygen atoms in total. The number of carbonyl (C=O) groups excluding carboxylic acids is 1. The molecule has 1 atom stereocenters. The van der Waals surface area contributed by atoms with Crippen LogP contribution < -0.4 is 5.32 Å². The molecule has 1 aromatic heterocycles. The van der Waals surface area contributed by atoms with Gasteiger partial charge in [-0.2, -0.15) is 4.80 Å². The number of hydrogen-bond acceptors (Lipinski definition) is 5. The highest BCUT2D eigenvalue weighted by molar-refractivity contribution is 6.30. The van der Waals surface area contributed by atoms with Crippen molar-refractivity contribution in [2.24, 2.45) is 0 Å². The third-order valence-electron chi connectivity index (χ3n) is 3.14. The molecule has 0 fully saturated rings. The molecule has 0 aliphatic carbocycles. The number of rotatable bonds is 7. The first-order chi connectivity index (χ1) is 11.0. The minimum absolute atomic E-state index is 0.0589. The Bertz CT molecular complexity index is 686. The second-order valence-corrected chi connectivity index (χ2v) is 5.24. The number of aromatic nitrogens is 4. The quantitative estimate of drug-likeness (QED) is 0.793. The van der Waals surface area contributed by atoms with Crippen molar-refractivity contribution in [2.45, 2.75) is 25.8 Å². The summed E-state index contributed by atoms with van der Waals surface area (Å²) in [6.45, 7) is 1.87. The average molecular weight is 338 g/mol. The topological polar surface area (TPSA) is 110 Å². The molecule has 9 heteroatoms. The molecule has 1 aromatic carbocycles. The number of nitrogens with one attached hydrogen (secondary N) is 1. The normalized spacial score (nSPS) is 11.9. The lowest BCUT2D eigenvalue weighted by Crippen LogP contribution is -2.34. The summed E-state index contributed by atoms with van der Waals surface area (Å²) >= 11 is 5.83. The zero-order valence-electron chi connectivity index (χ0n) is 12.4. The first kappa shape index (κ1) is 16.9. The Morgan fingerprint density at radius 2 is 2.04 bits per heavy atom. The first-order valence-corrected chi connectivity index (χ1v) is 7.44. The Kier molecular flexibility index (Phi) is 5.64. The molecule has 0 spiro atoms. The van der Waals surface area contributed by atoms with Gasteiger partial charge in [0.25, 0.3) is 0 Å². The van der Waals surface area contributed by atoms with E-state index in [0.717, 1.165) is 5.56 Å². The van der Waals surface area contributed by atoms with E-state index in [1.54, 1.807) is 24.3 Å². The van der Waals surface area contributed by atoms with E-state index in [0.29, 0.717) is 17.3 Å². The van der Waals surface area contributed by atoms with Gasteiger partial charge in [-0.15, -0.1) is 10.2 Å². The van der Waals surface area contributed by atoms with Crippen LogP contribution in [0.2, 0.25) is 5.02 Å². The van der Waals surface area contributed by atoms with E-state index in [4.69, 9.17) is 16.7 Å². The third kappa shape index (κ3) is 4.49. The van der Waals surface area contributed by atoms with Gasteiger partial charge in [0.15, 0.2) is 6.04 Å². The van der Waals surface area contributed by atoms with E-state index in [1.807, 2.05) is 6.92 Å². The van der Waals surface area contributed by atoms with Gasteiger partial charge in [-0.05, 0) is 35.9 Å². The van der Waals surface area contributed by atoms with Crippen LogP contribution in [-0.2, 0) is 9.59 Å². The molecule has 1 amide bonds. The number of carboxylic acids is 1. The lowest BCUT2D eigenvalue weighted by molar-refractivity contribution is -0.137. The van der Waals surface area contributed by atoms with Crippen LogP contribution in [0.1, 0.15) is 25.8 Å². The van der Waals surface area contributed by atoms with Crippen molar-refractivity contribution in [2.75, 3.05) is 6.54 Å². The van der Waals surface area contributed by atoms with Crippen molar-refractivity contribution >= 4 is 23.5 Å². The fourth-order valence-electron chi connectivity index (χ4n) is 1.94. The number of hydrogen-bond donors (Lipinski definition) is 2. The van der Waals surface area contributed by atoms with Crippen LogP contribution in [0.5, 0.6) is 0 Å². The number of carboxylic acid groups (broad SMARTS) is 1. The van der Waals surface area contributed by atoms with Gasteiger partial charge >= 0.3 is 5.97 Å². The van der Waals surface area contributed by atoms with Gasteiger partial charge in [-0.1, -0.05) is 18.5 Å². The van der Waals surface area contributed by atoms with E-state index < -0.39 is 12.0 Å². The Labute approximate surface area is 137 Å². The summed E-state index contributed by atoms with van der Waals surface area (Å²) in [5.41, 5.74) is 0.738. The number of nitrogens with zero attached hydrogens (tertiary/aromatic N) is 4. The lowest BCUT2D eigenvalue weighted by Gasteiger charge is -2.12. The predicted octanol–water partition coefficient (Wildman–Crippen LogP) is 1.54. The summed E-state index contributed by atoms with van der Waals surface area (Å²) in [7, 11) is 0. The number of aliphatic carboxylic acids is 1. The highest BCUT2D eigenvalue weighted by Gasteiger charge is 2.21. The van der Waals surface area contributed by atoms with Crippen LogP contribution >= 0.6 is 11.6 Å². The third-order valence-corrected chi connectivity index (χ3v) is 3.39. The van der Waals surface area contributed by atoms with Crippen LogP contribution in [0, 0.1) is 0 Å². The number of carbonyl (C=O) groups is 2. The van der Waals surface area contributed by atoms with Gasteiger partial charge in [0.2, 0.25) is 11.7 Å². The van der Waals surface area contributed by atoms with Crippen LogP contribution in [0.15, 0.2) is 24.3 Å². The molecular formula is C14H16ClN5O3. The highest BCUT2D eigenvalue weighted by atomic mass is 35.5. The van der Waals surface area contributed by atoms with Crippen molar-refractivity contribution in [3.8, 4) is 11.4 Å². The standard InChI is InChI=1S/C14H16ClN5O3/c1-2-11(14(23)16-8-7-12(21)22)20-18-13(17-19-20)9-3-5-10(15)6-4-9/h3-6,11H,2,7-8H2,1H3,(H,16,23)(H,21,22). The molecule has 2 aromatic rings. The molecule has 2 rings (SSSR count). The summed E-state index contributed by atoms with van der Waals surface area (Å²) in [4.78, 5) is 23.8. The van der Waals surface area contributed by atoms with Crippen molar-refractivity contribution in [3.05, 3.63) is 29.3 Å². The maximum absolute atomic E-state index is 12.1. The Balaban J connectivity index is 2.08. The smallest absolute Gasteiger partial charge is 0.305 e. The van der Waals surface area contributed by atoms with Gasteiger partial charge in [0.05, 0.1) is 6.42 Å². The molecule has 0 saturated carbocycles. The summed E-state index contributed by atoms with van der Waals surface area (Å²) in [6.07, 6.45) is 0.318. The zero-order valence-corrected chi connectivity index (χ0v) is 13.2. The summed E-state index contributed by atoms with van der Waals surface area (Å²) in [5, 5.41) is 23.8. The molecule has 2 N–H and O–H groups in total. The van der Waals surface area contributed by atoms with Gasteiger partial charge in [-0.25, -0.2) is 0 Å². The molecule has 1 unspecified atom stereocenters. The summed E-state index contributed by atoms with van der Waals surface area (Å²) in [6, 6.07) is 6.31. The Morgan fingerprint density at radius 1 is 1.35 bits per heavy atom. The maximum Gasteiger partial charge on any atom is 0.305 e. The molecule has 0 aliphatic heterocycles. The maximum atomic E-state index is 12.1. The van der Waals surface area contributed by atoms with Gasteiger partial charge < -0.3 is 10.4 Å². The van der Waals surface area contributed by atoms with Gasteiger partial charge in [0, 0.05) is 17.1 Å². The minimum atomic E-state index is -0.970. The number of halogens is 1. The predicted molar refractivity (Wildman–Crippen MR) is 82.9 cm³/mol. The Hall–Kier alpha value is -2.48. The molecular weight excluding hydrogens is 322 g/mol. The molecule has 0 aliphatic rings. The van der Waals surface area contributed by atoms with Crippen LogP contribution in [0.3, 0.4) is 0 Å². The molecule has 1 heterocycles. The summed E-state index contributed by atoms with van der Waals surface area (Å²) < 4.78 is 0. The largest absolute Gasteiger partial charge is 0.481 e. The van der Waals surface area contributed by atoms with Crippen molar-refractivity contribution in [1.82, 2.24) is 25.5 Å². The van der Waals surface area contributed by atoms with E-state index >= 15 is 0 Å². The lowest BCUT2D eigenvalue weighted by atomic mass is 10.2. The number of tetrazole rings is 1. The minimum Gasteiger partial charge on any atom is -0.481 e. The fraction of sp³-hybridized carbons (Fsp3) is 0.357. The molecule has 0 saturated heterocycles. The molecule has 122 valence electrons. The van der Waals surface area contributed by atoms with Crippen molar-refractivity contribution < 1.29 is 14.7 Å². The van der Waals surface area contributed by atoms with E-state index in [-0.39, 0.29) is 18.9 Å². The van der Waals surface area contributed by atoms with Crippen LogP contribution in [0.25, 0.3) is 11.4 Å². The van der Waals surface area contributed by atoms with E-state index in [1.165, 1.54) is 4.80 Å². The first-order valence-electron chi connectivity index (χ1n) is 7.06. The fourth-order valence-corrected chi connectivity index (χ4v) is 2.06. The molecule has 23 heavy (non-hydrogen) atoms. The number of benzene rings is 1. The van der Waals surface area contributed by atoms with E-state index in [2.05, 4.69) is 20.7 Å². The number of amides is 1. The average Bonchev–Trinajstić information content (AvgIpc) is 2.98. The van der Waals surface area contributed by atoms with Crippen LogP contribution in [0.4, 0.5) is 0 Å².